The molecule has 4 amide bonds. The molecule has 0 saturated heterocycles. The van der Waals surface area contributed by atoms with Gasteiger partial charge >= 0.3 is 36.4 Å². The highest BCUT2D eigenvalue weighted by molar-refractivity contribution is 9.10. The van der Waals surface area contributed by atoms with Crippen LogP contribution in [-0.4, -0.2) is 122 Å². The largest absolute Gasteiger partial charge is 0.481 e. The van der Waals surface area contributed by atoms with Crippen LogP contribution >= 0.6 is 27.5 Å². The third-order valence-electron chi connectivity index (χ3n) is 9.69. The lowest BCUT2D eigenvalue weighted by Crippen LogP contribution is -2.36. The number of carbonyl (C=O) groups excluding carboxylic acids is 3. The minimum atomic E-state index is -4.69. The molecule has 4 aromatic heterocycles. The van der Waals surface area contributed by atoms with Gasteiger partial charge in [-0.25, -0.2) is 50.0 Å². The van der Waals surface area contributed by atoms with Crippen molar-refractivity contribution in [3.05, 3.63) is 98.8 Å². The molecule has 6 aromatic rings. The average Bonchev–Trinajstić information content (AvgIpc) is 4.00. The van der Waals surface area contributed by atoms with E-state index in [2.05, 4.69) is 61.6 Å². The Morgan fingerprint density at radius 3 is 1.88 bits per heavy atom. The van der Waals surface area contributed by atoms with Crippen molar-refractivity contribution in [3.63, 3.8) is 0 Å². The number of nitrogens with one attached hydrogen (secondary N) is 4. The fourth-order valence-electron chi connectivity index (χ4n) is 6.24. The summed E-state index contributed by atoms with van der Waals surface area (Å²) in [6.45, 7) is 6.08. The molecule has 4 N–H and O–H groups in total. The van der Waals surface area contributed by atoms with E-state index < -0.39 is 110 Å². The minimum Gasteiger partial charge on any atom is -0.481 e. The zero-order valence-corrected chi connectivity index (χ0v) is 47.8. The van der Waals surface area contributed by atoms with Gasteiger partial charge in [0.15, 0.2) is 20.6 Å². The van der Waals surface area contributed by atoms with Crippen molar-refractivity contribution in [2.24, 2.45) is 7.05 Å². The van der Waals surface area contributed by atoms with Crippen LogP contribution in [0.4, 0.5) is 52.2 Å². The maximum Gasteiger partial charge on any atom is 0.434 e. The highest BCUT2D eigenvalue weighted by Crippen LogP contribution is 2.41. The lowest BCUT2D eigenvalue weighted by Gasteiger charge is -2.13. The number of sulfonamides is 2. The number of aromatic nitrogens is 8. The molecule has 440 valence electrons. The Labute approximate surface area is 469 Å². The molecule has 0 fully saturated rings. The first-order valence-electron chi connectivity index (χ1n) is 22.3. The standard InChI is InChI=1S/C15H12BrClF4N2O2.C15H16F3N5O4S.C14H17N5O7S2/c1-6(2)25-14(24)7-4-8(10(18)5-9(7)17)12-11(16)13(15(19,20)21)23(3)22-12;1-9-19-12(22-14(20-9)27-2)21-13(24)23-28(25,26)11-6-4-3-5-10(11)7-8-15(16,17)18;1-4-27(21,22)9-6-5-7-15-12(9)28(23,24)19-14(20)18-13-16-10(25-2)8-11(17-13)26-3/h4-6H,1-3H3;3-6H,7-8H2,1-2H3,(H2,19,20,21,22,23,24);5-8H,4H2,1-3H3,(H2,16,17,18,19,20). The van der Waals surface area contributed by atoms with E-state index in [9.17, 15) is 70.4 Å². The predicted molar refractivity (Wildman–Crippen MR) is 275 cm³/mol. The number of esters is 1. The second-order valence-corrected chi connectivity index (χ2v) is 22.6. The van der Waals surface area contributed by atoms with E-state index in [0.29, 0.717) is 4.68 Å². The van der Waals surface area contributed by atoms with Gasteiger partial charge in [0.05, 0.1) is 59.2 Å². The lowest BCUT2D eigenvalue weighted by molar-refractivity contribution is -0.144. The number of sulfone groups is 1. The number of alkyl halides is 6. The van der Waals surface area contributed by atoms with Gasteiger partial charge in [0, 0.05) is 25.2 Å². The van der Waals surface area contributed by atoms with Crippen molar-refractivity contribution < 1.29 is 89.3 Å². The Morgan fingerprint density at radius 2 is 1.35 bits per heavy atom. The molecule has 81 heavy (non-hydrogen) atoms. The molecule has 0 atom stereocenters. The number of pyridine rings is 1. The van der Waals surface area contributed by atoms with E-state index in [-0.39, 0.29) is 68.7 Å². The number of carbonyl (C=O) groups is 3. The zero-order chi connectivity index (χ0) is 61.0. The minimum absolute atomic E-state index is 0.0612. The first kappa shape index (κ1) is 65.9. The highest BCUT2D eigenvalue weighted by atomic mass is 79.9. The van der Waals surface area contributed by atoms with Crippen LogP contribution in [0.5, 0.6) is 17.8 Å². The molecule has 4 heterocycles. The molecule has 0 aliphatic carbocycles. The molecular formula is C44H45BrClF7N12O13S3. The van der Waals surface area contributed by atoms with E-state index in [1.165, 1.54) is 65.5 Å². The molecule has 0 bridgehead atoms. The first-order valence-corrected chi connectivity index (χ1v) is 28.1. The summed E-state index contributed by atoms with van der Waals surface area (Å²) in [5.41, 5.74) is -1.93. The molecule has 25 nitrogen and oxygen atoms in total. The van der Waals surface area contributed by atoms with Crippen molar-refractivity contribution in [3.8, 4) is 29.0 Å². The van der Waals surface area contributed by atoms with Gasteiger partial charge in [0.1, 0.15) is 22.2 Å². The van der Waals surface area contributed by atoms with Crippen molar-refractivity contribution >= 4 is 87.3 Å². The number of halogens is 9. The topological polar surface area (TPSA) is 334 Å². The van der Waals surface area contributed by atoms with Gasteiger partial charge < -0.3 is 18.9 Å². The molecule has 6 rings (SSSR count). The van der Waals surface area contributed by atoms with E-state index >= 15 is 0 Å². The lowest BCUT2D eigenvalue weighted by atomic mass is 10.1. The van der Waals surface area contributed by atoms with E-state index in [0.717, 1.165) is 37.5 Å². The monoisotopic (exact) mass is 1290 g/mol. The number of benzene rings is 2. The van der Waals surface area contributed by atoms with Crippen LogP contribution in [-0.2, 0) is 54.3 Å². The molecule has 0 aliphatic rings. The third kappa shape index (κ3) is 18.5. The number of urea groups is 2. The predicted octanol–water partition coefficient (Wildman–Crippen LogP) is 7.61. The van der Waals surface area contributed by atoms with Gasteiger partial charge in [-0.2, -0.15) is 64.8 Å². The van der Waals surface area contributed by atoms with Gasteiger partial charge in [0.2, 0.25) is 23.7 Å². The number of amides is 4. The number of hydrogen-bond acceptors (Lipinski definition) is 20. The van der Waals surface area contributed by atoms with Crippen LogP contribution in [0, 0.1) is 12.7 Å². The number of anilines is 2. The second-order valence-electron chi connectivity index (χ2n) is 15.9. The normalized spacial score (nSPS) is 11.7. The van der Waals surface area contributed by atoms with Crippen LogP contribution in [0.25, 0.3) is 11.3 Å². The highest BCUT2D eigenvalue weighted by Gasteiger charge is 2.39. The Kier molecular flexibility index (Phi) is 22.2. The fraction of sp³-hybridized carbons (Fsp3) is 0.318. The van der Waals surface area contributed by atoms with Crippen molar-refractivity contribution in [2.75, 3.05) is 37.7 Å². The number of aryl methyl sites for hydroxylation is 3. The van der Waals surface area contributed by atoms with Crippen LogP contribution in [0.1, 0.15) is 54.6 Å². The summed E-state index contributed by atoms with van der Waals surface area (Å²) in [5, 5.41) is 6.91. The van der Waals surface area contributed by atoms with E-state index in [4.69, 9.17) is 30.5 Å². The first-order chi connectivity index (χ1) is 37.6. The SMILES string of the molecule is CC(C)OC(=O)c1cc(-c2nn(C)c(C(F)(F)F)c2Br)c(F)cc1Cl.CCS(=O)(=O)c1cccnc1S(=O)(=O)NC(=O)Nc1nc(OC)cc(OC)n1.COc1nc(C)nc(NC(=O)NS(=O)(=O)c2ccccc2CCC(F)(F)F)n1. The van der Waals surface area contributed by atoms with Gasteiger partial charge in [-0.1, -0.05) is 36.7 Å². The van der Waals surface area contributed by atoms with Crippen LogP contribution < -0.4 is 34.3 Å². The molecule has 0 unspecified atom stereocenters. The smallest absolute Gasteiger partial charge is 0.434 e. The molecule has 37 heteroatoms. The second kappa shape index (κ2) is 27.3. The average molecular weight is 1290 g/mol. The number of nitrogens with zero attached hydrogens (tertiary/aromatic N) is 8. The van der Waals surface area contributed by atoms with Crippen molar-refractivity contribution in [1.82, 2.24) is 49.1 Å². The number of ether oxygens (including phenoxy) is 4. The third-order valence-corrected chi connectivity index (χ3v) is 15.4. The number of rotatable bonds is 16. The van der Waals surface area contributed by atoms with Gasteiger partial charge in [-0.3, -0.25) is 15.3 Å². The van der Waals surface area contributed by atoms with Crippen molar-refractivity contribution in [1.29, 1.82) is 0 Å². The summed E-state index contributed by atoms with van der Waals surface area (Å²) in [6, 6.07) is 8.14. The summed E-state index contributed by atoms with van der Waals surface area (Å²) in [7, 11) is -7.91. The molecular weight excluding hydrogens is 1250 g/mol. The van der Waals surface area contributed by atoms with Crippen LogP contribution in [0.2, 0.25) is 5.02 Å². The zero-order valence-electron chi connectivity index (χ0n) is 43.0. The maximum absolute atomic E-state index is 14.3. The Bertz CT molecular complexity index is 3620. The summed E-state index contributed by atoms with van der Waals surface area (Å²) >= 11 is 8.67. The van der Waals surface area contributed by atoms with Crippen LogP contribution in [0.15, 0.2) is 80.1 Å². The molecule has 2 aromatic carbocycles. The van der Waals surface area contributed by atoms with Crippen molar-refractivity contribution in [2.45, 2.75) is 73.8 Å². The molecule has 0 spiro atoms. The number of methoxy groups -OCH3 is 3. The van der Waals surface area contributed by atoms with Gasteiger partial charge in [0.25, 0.3) is 20.0 Å². The Morgan fingerprint density at radius 1 is 0.778 bits per heavy atom. The molecule has 0 aliphatic heterocycles. The Hall–Kier alpha value is -7.57. The van der Waals surface area contributed by atoms with Gasteiger partial charge in [-0.05, 0) is 79.0 Å². The summed E-state index contributed by atoms with van der Waals surface area (Å²) in [5.74, 6) is -2.30. The molecule has 0 radical (unpaired) electrons. The fourth-order valence-corrected chi connectivity index (χ4v) is 11.0. The van der Waals surface area contributed by atoms with Gasteiger partial charge in [-0.15, -0.1) is 0 Å². The maximum atomic E-state index is 14.3. The van der Waals surface area contributed by atoms with E-state index in [1.54, 1.807) is 23.3 Å². The summed E-state index contributed by atoms with van der Waals surface area (Å²) < 4.78 is 188. The Balaban J connectivity index is 0.000000262. The molecule has 0 saturated carbocycles. The van der Waals surface area contributed by atoms with E-state index in [1.807, 2.05) is 0 Å². The summed E-state index contributed by atoms with van der Waals surface area (Å²) in [4.78, 5) is 57.8. The number of hydrogen-bond donors (Lipinski definition) is 4. The van der Waals surface area contributed by atoms with Crippen LogP contribution in [0.3, 0.4) is 0 Å². The summed E-state index contributed by atoms with van der Waals surface area (Å²) in [6.07, 6.45) is -10.2. The quantitative estimate of drug-likeness (QED) is 0.0535.